The summed E-state index contributed by atoms with van der Waals surface area (Å²) in [7, 11) is 0. The number of H-pyrrole nitrogens is 1. The maximum atomic E-state index is 11.7. The molecule has 0 aliphatic carbocycles. The number of hydrogen-bond acceptors (Lipinski definition) is 4. The summed E-state index contributed by atoms with van der Waals surface area (Å²) >= 11 is 4.84. The number of carboxylic acid groups (broad SMARTS) is 1. The van der Waals surface area contributed by atoms with Gasteiger partial charge in [-0.3, -0.25) is 0 Å². The Balaban J connectivity index is 1.84. The first-order chi connectivity index (χ1) is 10.0. The van der Waals surface area contributed by atoms with E-state index in [-0.39, 0.29) is 6.42 Å². The number of amides is 2. The van der Waals surface area contributed by atoms with Gasteiger partial charge in [0.2, 0.25) is 0 Å². The van der Waals surface area contributed by atoms with Gasteiger partial charge in [-0.05, 0) is 28.1 Å². The van der Waals surface area contributed by atoms with Crippen LogP contribution < -0.4 is 10.6 Å². The Morgan fingerprint density at radius 2 is 2.29 bits per heavy atom. The molecule has 21 heavy (non-hydrogen) atoms. The summed E-state index contributed by atoms with van der Waals surface area (Å²) in [5.41, 5.74) is 0.643. The summed E-state index contributed by atoms with van der Waals surface area (Å²) in [4.78, 5) is 30.5. The Labute approximate surface area is 132 Å². The van der Waals surface area contributed by atoms with Crippen molar-refractivity contribution in [1.29, 1.82) is 0 Å². The highest BCUT2D eigenvalue weighted by atomic mass is 79.9. The minimum Gasteiger partial charge on any atom is -0.480 e. The average molecular weight is 373 g/mol. The number of nitrogens with one attached hydrogen (secondary N) is 3. The molecule has 2 aromatic heterocycles. The third kappa shape index (κ3) is 4.87. The topological polar surface area (TPSA) is 107 Å². The lowest BCUT2D eigenvalue weighted by atomic mass is 10.2. The van der Waals surface area contributed by atoms with Crippen LogP contribution in [-0.2, 0) is 17.8 Å². The first-order valence-corrected chi connectivity index (χ1v) is 7.64. The second kappa shape index (κ2) is 7.23. The predicted octanol–water partition coefficient (Wildman–Crippen LogP) is 1.73. The van der Waals surface area contributed by atoms with Gasteiger partial charge in [0.25, 0.3) is 0 Å². The molecule has 0 bridgehead atoms. The Morgan fingerprint density at radius 1 is 1.48 bits per heavy atom. The molecule has 112 valence electrons. The van der Waals surface area contributed by atoms with E-state index in [1.165, 1.54) is 23.9 Å². The smallest absolute Gasteiger partial charge is 0.326 e. The number of nitrogens with zero attached hydrogens (tertiary/aromatic N) is 1. The van der Waals surface area contributed by atoms with Gasteiger partial charge in [0.15, 0.2) is 0 Å². The van der Waals surface area contributed by atoms with Crippen molar-refractivity contribution in [3.63, 3.8) is 0 Å². The number of aliphatic carboxylic acids is 1. The van der Waals surface area contributed by atoms with E-state index in [2.05, 4.69) is 36.5 Å². The van der Waals surface area contributed by atoms with Gasteiger partial charge in [-0.1, -0.05) is 0 Å². The fourth-order valence-corrected chi connectivity index (χ4v) is 3.06. The van der Waals surface area contributed by atoms with Crippen molar-refractivity contribution in [3.05, 3.63) is 39.0 Å². The van der Waals surface area contributed by atoms with Crippen LogP contribution in [0.5, 0.6) is 0 Å². The van der Waals surface area contributed by atoms with Crippen LogP contribution in [0.2, 0.25) is 0 Å². The van der Waals surface area contributed by atoms with Crippen LogP contribution in [0.1, 0.15) is 10.6 Å². The number of imidazole rings is 1. The molecule has 2 aromatic rings. The molecule has 2 amide bonds. The SMILES string of the molecule is O=C(NCc1ccc(Br)s1)N[C@@H](Cc1cnc[nH]1)C(=O)O. The fraction of sp³-hybridized carbons (Fsp3) is 0.250. The standard InChI is InChI=1S/C12H13BrN4O3S/c13-10-2-1-8(21-10)5-15-12(20)17-9(11(18)19)3-7-4-14-6-16-7/h1-2,4,6,9H,3,5H2,(H,14,16)(H,18,19)(H2,15,17,20)/t9-/m0/s1. The van der Waals surface area contributed by atoms with Gasteiger partial charge < -0.3 is 20.7 Å². The molecule has 0 fully saturated rings. The van der Waals surface area contributed by atoms with Crippen molar-refractivity contribution in [2.45, 2.75) is 19.0 Å². The molecule has 0 radical (unpaired) electrons. The Hall–Kier alpha value is -1.87. The van der Waals surface area contributed by atoms with E-state index in [0.29, 0.717) is 12.2 Å². The van der Waals surface area contributed by atoms with E-state index in [1.807, 2.05) is 12.1 Å². The number of hydrogen-bond donors (Lipinski definition) is 4. The quantitative estimate of drug-likeness (QED) is 0.619. The molecule has 1 atom stereocenters. The highest BCUT2D eigenvalue weighted by molar-refractivity contribution is 9.11. The zero-order valence-corrected chi connectivity index (χ0v) is 13.2. The number of carbonyl (C=O) groups excluding carboxylic acids is 1. The van der Waals surface area contributed by atoms with E-state index in [0.717, 1.165) is 8.66 Å². The monoisotopic (exact) mass is 372 g/mol. The minimum absolute atomic E-state index is 0.146. The van der Waals surface area contributed by atoms with Gasteiger partial charge in [-0.15, -0.1) is 11.3 Å². The van der Waals surface area contributed by atoms with Crippen molar-refractivity contribution in [2.24, 2.45) is 0 Å². The van der Waals surface area contributed by atoms with Crippen LogP contribution in [0.15, 0.2) is 28.4 Å². The normalized spacial score (nSPS) is 11.9. The zero-order chi connectivity index (χ0) is 15.2. The maximum Gasteiger partial charge on any atom is 0.326 e. The number of carbonyl (C=O) groups is 2. The lowest BCUT2D eigenvalue weighted by Crippen LogP contribution is -2.46. The van der Waals surface area contributed by atoms with E-state index in [4.69, 9.17) is 5.11 Å². The molecule has 2 heterocycles. The molecule has 0 saturated heterocycles. The number of rotatable bonds is 6. The fourth-order valence-electron chi connectivity index (χ4n) is 1.64. The van der Waals surface area contributed by atoms with Crippen LogP contribution in [0.4, 0.5) is 4.79 Å². The Kier molecular flexibility index (Phi) is 5.34. The van der Waals surface area contributed by atoms with Crippen molar-refractivity contribution in [2.75, 3.05) is 0 Å². The molecule has 0 spiro atoms. The lowest BCUT2D eigenvalue weighted by molar-refractivity contribution is -0.139. The maximum absolute atomic E-state index is 11.7. The number of thiophene rings is 1. The third-order valence-corrected chi connectivity index (χ3v) is 4.26. The Morgan fingerprint density at radius 3 is 2.86 bits per heavy atom. The van der Waals surface area contributed by atoms with Crippen LogP contribution in [0.3, 0.4) is 0 Å². The molecule has 0 aliphatic rings. The number of halogens is 1. The zero-order valence-electron chi connectivity index (χ0n) is 10.8. The highest BCUT2D eigenvalue weighted by Gasteiger charge is 2.20. The average Bonchev–Trinajstić information content (AvgIpc) is 3.07. The van der Waals surface area contributed by atoms with E-state index in [1.54, 1.807) is 0 Å². The van der Waals surface area contributed by atoms with Crippen LogP contribution in [0.25, 0.3) is 0 Å². The molecule has 4 N–H and O–H groups in total. The summed E-state index contributed by atoms with van der Waals surface area (Å²) in [6.45, 7) is 0.346. The van der Waals surface area contributed by atoms with Crippen LogP contribution >= 0.6 is 27.3 Å². The van der Waals surface area contributed by atoms with Crippen molar-refractivity contribution in [3.8, 4) is 0 Å². The molecule has 0 unspecified atom stereocenters. The van der Waals surface area contributed by atoms with Gasteiger partial charge in [0.1, 0.15) is 6.04 Å². The van der Waals surface area contributed by atoms with Crippen molar-refractivity contribution < 1.29 is 14.7 Å². The minimum atomic E-state index is -1.10. The van der Waals surface area contributed by atoms with E-state index in [9.17, 15) is 9.59 Å². The highest BCUT2D eigenvalue weighted by Crippen LogP contribution is 2.21. The number of carboxylic acids is 1. The van der Waals surface area contributed by atoms with Crippen LogP contribution in [0, 0.1) is 0 Å². The number of urea groups is 1. The summed E-state index contributed by atoms with van der Waals surface area (Å²) in [5.74, 6) is -1.10. The second-order valence-corrected chi connectivity index (χ2v) is 6.75. The molecule has 0 aromatic carbocycles. The number of aromatic nitrogens is 2. The molecular formula is C12H13BrN4O3S. The molecule has 9 heteroatoms. The van der Waals surface area contributed by atoms with E-state index >= 15 is 0 Å². The van der Waals surface area contributed by atoms with Crippen molar-refractivity contribution >= 4 is 39.3 Å². The summed E-state index contributed by atoms with van der Waals surface area (Å²) in [6, 6.07) is 2.23. The van der Waals surface area contributed by atoms with Gasteiger partial charge in [-0.2, -0.15) is 0 Å². The van der Waals surface area contributed by atoms with Crippen LogP contribution in [-0.4, -0.2) is 33.1 Å². The molecule has 0 aliphatic heterocycles. The molecule has 0 saturated carbocycles. The lowest BCUT2D eigenvalue weighted by Gasteiger charge is -2.14. The van der Waals surface area contributed by atoms with Gasteiger partial charge in [-0.25, -0.2) is 14.6 Å². The summed E-state index contributed by atoms with van der Waals surface area (Å²) in [6.07, 6.45) is 3.13. The van der Waals surface area contributed by atoms with E-state index < -0.39 is 18.0 Å². The Bertz CT molecular complexity index is 614. The van der Waals surface area contributed by atoms with Gasteiger partial charge in [0.05, 0.1) is 16.7 Å². The predicted molar refractivity (Wildman–Crippen MR) is 81.1 cm³/mol. The largest absolute Gasteiger partial charge is 0.480 e. The molecule has 7 nitrogen and oxygen atoms in total. The molecule has 2 rings (SSSR count). The first kappa shape index (κ1) is 15.5. The van der Waals surface area contributed by atoms with Gasteiger partial charge >= 0.3 is 12.0 Å². The summed E-state index contributed by atoms with van der Waals surface area (Å²) < 4.78 is 0.974. The molecular weight excluding hydrogens is 360 g/mol. The second-order valence-electron chi connectivity index (χ2n) is 4.20. The number of aromatic amines is 1. The third-order valence-electron chi connectivity index (χ3n) is 2.63. The first-order valence-electron chi connectivity index (χ1n) is 6.03. The van der Waals surface area contributed by atoms with Crippen molar-refractivity contribution in [1.82, 2.24) is 20.6 Å². The summed E-state index contributed by atoms with van der Waals surface area (Å²) in [5, 5.41) is 14.2. The van der Waals surface area contributed by atoms with Gasteiger partial charge in [0, 0.05) is 23.2 Å².